The summed E-state index contributed by atoms with van der Waals surface area (Å²) in [6.07, 6.45) is 3.48. The molecule has 0 aromatic heterocycles. The normalized spacial score (nSPS) is 15.0. The van der Waals surface area contributed by atoms with Crippen molar-refractivity contribution in [2.45, 2.75) is 46.0 Å². The van der Waals surface area contributed by atoms with E-state index in [2.05, 4.69) is 0 Å². The Labute approximate surface area is 197 Å². The van der Waals surface area contributed by atoms with Crippen molar-refractivity contribution in [1.82, 2.24) is 0 Å². The molecule has 180 valence electrons. The molecule has 2 aliphatic rings. The van der Waals surface area contributed by atoms with Gasteiger partial charge in [0.1, 0.15) is 0 Å². The highest BCUT2D eigenvalue weighted by atomic mass is 31.2. The first-order chi connectivity index (χ1) is 16.4. The molecule has 0 aliphatic heterocycles. The van der Waals surface area contributed by atoms with E-state index in [0.29, 0.717) is 11.1 Å². The number of aryl methyl sites for hydroxylation is 2. The SMILES string of the molecule is CCOOP(=O)(CCC(=O)c1ccc2c(c1)C(=O)c1cc3c(cc1C2=O)CCCC3)OOCC. The summed E-state index contributed by atoms with van der Waals surface area (Å²) in [5.41, 5.74) is 3.80. The van der Waals surface area contributed by atoms with Crippen molar-refractivity contribution < 1.29 is 38.1 Å². The van der Waals surface area contributed by atoms with Crippen LogP contribution in [-0.2, 0) is 36.5 Å². The maximum atomic E-state index is 13.3. The molecule has 34 heavy (non-hydrogen) atoms. The molecule has 9 heteroatoms. The molecule has 0 bridgehead atoms. The number of carbonyl (C=O) groups is 3. The van der Waals surface area contributed by atoms with Crippen LogP contribution >= 0.6 is 7.60 Å². The number of fused-ring (bicyclic) bond motifs is 3. The predicted octanol–water partition coefficient (Wildman–Crippen LogP) is 5.04. The summed E-state index contributed by atoms with van der Waals surface area (Å²) in [4.78, 5) is 48.8. The zero-order valence-electron chi connectivity index (χ0n) is 19.3. The fraction of sp³-hybridized carbons (Fsp3) is 0.400. The Morgan fingerprint density at radius 3 is 1.91 bits per heavy atom. The van der Waals surface area contributed by atoms with Crippen LogP contribution in [0.4, 0.5) is 0 Å². The van der Waals surface area contributed by atoms with Crippen LogP contribution in [-0.4, -0.2) is 36.7 Å². The second kappa shape index (κ2) is 10.4. The van der Waals surface area contributed by atoms with Gasteiger partial charge in [-0.05, 0) is 74.9 Å². The van der Waals surface area contributed by atoms with Crippen LogP contribution in [0.5, 0.6) is 0 Å². The van der Waals surface area contributed by atoms with E-state index in [4.69, 9.17) is 19.1 Å². The molecule has 0 amide bonds. The van der Waals surface area contributed by atoms with Crippen molar-refractivity contribution in [2.75, 3.05) is 19.4 Å². The van der Waals surface area contributed by atoms with Crippen molar-refractivity contribution in [3.63, 3.8) is 0 Å². The first-order valence-electron chi connectivity index (χ1n) is 11.5. The Morgan fingerprint density at radius 2 is 1.35 bits per heavy atom. The predicted molar refractivity (Wildman–Crippen MR) is 123 cm³/mol. The molecule has 0 unspecified atom stereocenters. The summed E-state index contributed by atoms with van der Waals surface area (Å²) in [6.45, 7) is 3.57. The third kappa shape index (κ3) is 4.97. The van der Waals surface area contributed by atoms with Gasteiger partial charge >= 0.3 is 7.60 Å². The number of carbonyl (C=O) groups excluding carboxylic acids is 3. The number of Topliss-reactive ketones (excluding diaryl/α,β-unsaturated/α-hetero) is 1. The lowest BCUT2D eigenvalue weighted by molar-refractivity contribution is -0.262. The highest BCUT2D eigenvalue weighted by Crippen LogP contribution is 2.49. The van der Waals surface area contributed by atoms with Crippen molar-refractivity contribution in [3.05, 3.63) is 69.3 Å². The summed E-state index contributed by atoms with van der Waals surface area (Å²) >= 11 is 0. The van der Waals surface area contributed by atoms with Gasteiger partial charge in [-0.1, -0.05) is 6.07 Å². The minimum Gasteiger partial charge on any atom is -0.294 e. The average Bonchev–Trinajstić information content (AvgIpc) is 2.87. The topological polar surface area (TPSA) is 105 Å². The smallest absolute Gasteiger partial charge is 0.294 e. The molecule has 0 N–H and O–H groups in total. The number of ketones is 3. The first-order valence-corrected chi connectivity index (χ1v) is 13.2. The van der Waals surface area contributed by atoms with Gasteiger partial charge in [-0.3, -0.25) is 18.9 Å². The Morgan fingerprint density at radius 1 is 0.824 bits per heavy atom. The van der Waals surface area contributed by atoms with Crippen LogP contribution in [0.3, 0.4) is 0 Å². The van der Waals surface area contributed by atoms with Crippen molar-refractivity contribution in [3.8, 4) is 0 Å². The zero-order chi connectivity index (χ0) is 24.3. The average molecular weight is 486 g/mol. The van der Waals surface area contributed by atoms with Gasteiger partial charge in [-0.15, -0.1) is 9.35 Å². The Kier molecular flexibility index (Phi) is 7.55. The minimum absolute atomic E-state index is 0.138. The monoisotopic (exact) mass is 486 g/mol. The third-order valence-corrected chi connectivity index (χ3v) is 7.42. The maximum absolute atomic E-state index is 13.3. The maximum Gasteiger partial charge on any atom is 0.384 e. The molecular weight excluding hydrogens is 459 g/mol. The molecule has 8 nitrogen and oxygen atoms in total. The van der Waals surface area contributed by atoms with Crippen LogP contribution < -0.4 is 0 Å². The van der Waals surface area contributed by atoms with Gasteiger partial charge in [0.2, 0.25) is 0 Å². The quantitative estimate of drug-likeness (QED) is 0.170. The second-order valence-corrected chi connectivity index (χ2v) is 10.2. The Hall–Kier alpha value is -2.48. The third-order valence-electron chi connectivity index (χ3n) is 5.98. The van der Waals surface area contributed by atoms with Gasteiger partial charge in [0.25, 0.3) is 0 Å². The number of hydrogen-bond donors (Lipinski definition) is 0. The van der Waals surface area contributed by atoms with E-state index in [-0.39, 0.29) is 59.8 Å². The van der Waals surface area contributed by atoms with Crippen LogP contribution in [0.25, 0.3) is 0 Å². The van der Waals surface area contributed by atoms with E-state index in [1.54, 1.807) is 13.8 Å². The van der Waals surface area contributed by atoms with Crippen molar-refractivity contribution >= 4 is 24.9 Å². The Bertz CT molecular complexity index is 1170. The summed E-state index contributed by atoms with van der Waals surface area (Å²) in [7, 11) is -3.81. The van der Waals surface area contributed by atoms with Gasteiger partial charge in [0, 0.05) is 34.2 Å². The highest BCUT2D eigenvalue weighted by Gasteiger charge is 2.33. The van der Waals surface area contributed by atoms with E-state index < -0.39 is 7.60 Å². The van der Waals surface area contributed by atoms with Crippen molar-refractivity contribution in [2.24, 2.45) is 0 Å². The number of rotatable bonds is 10. The molecule has 0 radical (unpaired) electrons. The molecule has 0 saturated heterocycles. The molecule has 2 aromatic carbocycles. The molecule has 2 aromatic rings. The summed E-state index contributed by atoms with van der Waals surface area (Å²) in [6, 6.07) is 8.16. The van der Waals surface area contributed by atoms with E-state index in [0.717, 1.165) is 36.8 Å². The molecule has 0 saturated carbocycles. The second-order valence-electron chi connectivity index (χ2n) is 8.26. The van der Waals surface area contributed by atoms with Gasteiger partial charge < -0.3 is 0 Å². The zero-order valence-corrected chi connectivity index (χ0v) is 20.2. The molecule has 0 fully saturated rings. The fourth-order valence-corrected chi connectivity index (χ4v) is 5.47. The standard InChI is InChI=1S/C25H27O8P/c1-3-30-32-34(29,33-31-4-2)12-11-23(26)18-9-10-19-20(15-18)25(28)22-14-17-8-6-5-7-16(17)13-21(22)24(19)27/h9-10,13-15H,3-8,11-12H2,1-2H3. The van der Waals surface area contributed by atoms with Crippen LogP contribution in [0.1, 0.15) is 86.4 Å². The van der Waals surface area contributed by atoms with Gasteiger partial charge in [0.05, 0.1) is 19.4 Å². The highest BCUT2D eigenvalue weighted by molar-refractivity contribution is 7.53. The molecule has 2 aliphatic carbocycles. The largest absolute Gasteiger partial charge is 0.384 e. The van der Waals surface area contributed by atoms with E-state index in [9.17, 15) is 18.9 Å². The van der Waals surface area contributed by atoms with Gasteiger partial charge in [0.15, 0.2) is 17.3 Å². The number of benzene rings is 2. The van der Waals surface area contributed by atoms with E-state index in [1.165, 1.54) is 18.2 Å². The summed E-state index contributed by atoms with van der Waals surface area (Å²) < 4.78 is 22.4. The molecule has 0 heterocycles. The summed E-state index contributed by atoms with van der Waals surface area (Å²) in [5, 5.41) is 0. The first kappa shape index (κ1) is 24.6. The molecular formula is C25H27O8P. The van der Waals surface area contributed by atoms with E-state index in [1.807, 2.05) is 12.1 Å². The van der Waals surface area contributed by atoms with Crippen LogP contribution in [0.2, 0.25) is 0 Å². The van der Waals surface area contributed by atoms with Crippen molar-refractivity contribution in [1.29, 1.82) is 0 Å². The Balaban J connectivity index is 1.56. The minimum atomic E-state index is -3.81. The van der Waals surface area contributed by atoms with Gasteiger partial charge in [-0.2, -0.15) is 0 Å². The van der Waals surface area contributed by atoms with Crippen LogP contribution in [0.15, 0.2) is 30.3 Å². The lowest BCUT2D eigenvalue weighted by Gasteiger charge is -2.23. The molecule has 0 spiro atoms. The lowest BCUT2D eigenvalue weighted by atomic mass is 9.79. The van der Waals surface area contributed by atoms with E-state index >= 15 is 0 Å². The van der Waals surface area contributed by atoms with Crippen LogP contribution in [0, 0.1) is 0 Å². The fourth-order valence-electron chi connectivity index (χ4n) is 4.29. The lowest BCUT2D eigenvalue weighted by Crippen LogP contribution is -2.23. The number of hydrogen-bond acceptors (Lipinski definition) is 8. The summed E-state index contributed by atoms with van der Waals surface area (Å²) in [5.74, 6) is -0.853. The molecule has 0 atom stereocenters. The molecule has 4 rings (SSSR count). The van der Waals surface area contributed by atoms with Gasteiger partial charge in [-0.25, -0.2) is 9.78 Å².